The number of nitrogens with two attached hydrogens (primary N) is 1. The van der Waals surface area contributed by atoms with Crippen molar-refractivity contribution in [3.05, 3.63) is 0 Å². The van der Waals surface area contributed by atoms with Crippen LogP contribution in [0, 0.1) is 0 Å². The van der Waals surface area contributed by atoms with E-state index in [1.165, 1.54) is 6.34 Å². The van der Waals surface area contributed by atoms with Crippen LogP contribution in [0.5, 0.6) is 0 Å². The van der Waals surface area contributed by atoms with Gasteiger partial charge in [-0.15, -0.1) is 0 Å². The molecule has 1 rings (SSSR count). The second kappa shape index (κ2) is 1.67. The first kappa shape index (κ1) is 5.44. The Balaban J connectivity index is 2.65. The van der Waals surface area contributed by atoms with Gasteiger partial charge in [0.1, 0.15) is 6.34 Å². The van der Waals surface area contributed by atoms with E-state index < -0.39 is 0 Å². The molecule has 3 heteroatoms. The van der Waals surface area contributed by atoms with Crippen LogP contribution in [0.25, 0.3) is 0 Å². The van der Waals surface area contributed by atoms with Crippen LogP contribution in [0.4, 0.5) is 0 Å². The zero-order chi connectivity index (χ0) is 6.04. The van der Waals surface area contributed by atoms with Gasteiger partial charge in [-0.2, -0.15) is 0 Å². The normalized spacial score (nSPS) is 35.8. The van der Waals surface area contributed by atoms with Gasteiger partial charge in [0.05, 0.1) is 12.1 Å². The molecule has 2 N–H and O–H groups in total. The van der Waals surface area contributed by atoms with E-state index in [1.807, 2.05) is 6.92 Å². The molecule has 8 heavy (non-hydrogen) atoms. The average Bonchev–Trinajstić information content (AvgIpc) is 1.65. The Labute approximate surface area is 48.3 Å². The molecule has 0 saturated carbocycles. The molecule has 44 valence electrons. The molecule has 3 nitrogen and oxygen atoms in total. The quantitative estimate of drug-likeness (QED) is 0.463. The minimum atomic E-state index is -0.311. The molecule has 0 aromatic carbocycles. The van der Waals surface area contributed by atoms with Gasteiger partial charge in [0.25, 0.3) is 0 Å². The van der Waals surface area contributed by atoms with Gasteiger partial charge in [-0.1, -0.05) is 0 Å². The SMILES string of the molecule is CC1(N)C=NC=NC1. The molecule has 0 amide bonds. The van der Waals surface area contributed by atoms with Crippen LogP contribution >= 0.6 is 0 Å². The van der Waals surface area contributed by atoms with Crippen molar-refractivity contribution < 1.29 is 0 Å². The van der Waals surface area contributed by atoms with E-state index in [9.17, 15) is 0 Å². The van der Waals surface area contributed by atoms with Crippen molar-refractivity contribution in [3.63, 3.8) is 0 Å². The summed E-state index contributed by atoms with van der Waals surface area (Å²) in [6, 6.07) is 0. The zero-order valence-corrected chi connectivity index (χ0v) is 4.83. The van der Waals surface area contributed by atoms with Gasteiger partial charge in [-0.25, -0.2) is 4.99 Å². The van der Waals surface area contributed by atoms with Crippen LogP contribution < -0.4 is 5.73 Å². The van der Waals surface area contributed by atoms with E-state index in [2.05, 4.69) is 9.98 Å². The van der Waals surface area contributed by atoms with E-state index in [0.29, 0.717) is 6.54 Å². The van der Waals surface area contributed by atoms with E-state index in [1.54, 1.807) is 6.21 Å². The fourth-order valence-corrected chi connectivity index (χ4v) is 0.529. The molecule has 1 aliphatic heterocycles. The van der Waals surface area contributed by atoms with Crippen LogP contribution in [0.2, 0.25) is 0 Å². The molecule has 0 bridgehead atoms. The van der Waals surface area contributed by atoms with Crippen LogP contribution in [-0.2, 0) is 0 Å². The summed E-state index contributed by atoms with van der Waals surface area (Å²) in [5, 5.41) is 0. The molecule has 0 fully saturated rings. The topological polar surface area (TPSA) is 50.7 Å². The van der Waals surface area contributed by atoms with Gasteiger partial charge >= 0.3 is 0 Å². The largest absolute Gasteiger partial charge is 0.319 e. The third-order valence-corrected chi connectivity index (χ3v) is 0.950. The molecule has 1 atom stereocenters. The van der Waals surface area contributed by atoms with Crippen LogP contribution in [-0.4, -0.2) is 24.6 Å². The first-order valence-corrected chi connectivity index (χ1v) is 2.52. The smallest absolute Gasteiger partial charge is 0.109 e. The van der Waals surface area contributed by atoms with Crippen molar-refractivity contribution >= 4 is 12.6 Å². The average molecular weight is 111 g/mol. The highest BCUT2D eigenvalue weighted by Crippen LogP contribution is 1.97. The molecule has 0 aromatic rings. The van der Waals surface area contributed by atoms with Gasteiger partial charge < -0.3 is 5.73 Å². The van der Waals surface area contributed by atoms with Crippen LogP contribution in [0.3, 0.4) is 0 Å². The van der Waals surface area contributed by atoms with Crippen molar-refractivity contribution in [3.8, 4) is 0 Å². The standard InChI is InChI=1S/C5H9N3/c1-5(6)2-7-4-8-3-5/h2,4H,3,6H2,1H3. The van der Waals surface area contributed by atoms with Gasteiger partial charge in [0, 0.05) is 6.21 Å². The maximum Gasteiger partial charge on any atom is 0.109 e. The molecule has 0 saturated heterocycles. The minimum Gasteiger partial charge on any atom is -0.319 e. The van der Waals surface area contributed by atoms with Crippen molar-refractivity contribution in [2.24, 2.45) is 15.7 Å². The summed E-state index contributed by atoms with van der Waals surface area (Å²) in [4.78, 5) is 7.67. The number of aliphatic imine (C=N–C) groups is 2. The van der Waals surface area contributed by atoms with Crippen LogP contribution in [0.15, 0.2) is 9.98 Å². The van der Waals surface area contributed by atoms with E-state index >= 15 is 0 Å². The summed E-state index contributed by atoms with van der Waals surface area (Å²) in [5.41, 5.74) is 5.30. The number of hydrogen-bond acceptors (Lipinski definition) is 3. The Kier molecular flexibility index (Phi) is 1.13. The Bertz CT molecular complexity index is 135. The molecule has 1 aliphatic rings. The van der Waals surface area contributed by atoms with Gasteiger partial charge in [0.2, 0.25) is 0 Å². The maximum absolute atomic E-state index is 5.61. The highest BCUT2D eigenvalue weighted by atomic mass is 15.0. The lowest BCUT2D eigenvalue weighted by atomic mass is 10.1. The molecular weight excluding hydrogens is 102 g/mol. The summed E-state index contributed by atoms with van der Waals surface area (Å²) in [5.74, 6) is 0. The number of rotatable bonds is 0. The monoisotopic (exact) mass is 111 g/mol. The zero-order valence-electron chi connectivity index (χ0n) is 4.83. The fourth-order valence-electron chi connectivity index (χ4n) is 0.529. The van der Waals surface area contributed by atoms with Crippen molar-refractivity contribution in [2.45, 2.75) is 12.5 Å². The summed E-state index contributed by atoms with van der Waals surface area (Å²) in [7, 11) is 0. The van der Waals surface area contributed by atoms with Gasteiger partial charge in [-0.05, 0) is 6.92 Å². The highest BCUT2D eigenvalue weighted by molar-refractivity contribution is 5.81. The second-order valence-corrected chi connectivity index (χ2v) is 2.24. The van der Waals surface area contributed by atoms with Crippen LogP contribution in [0.1, 0.15) is 6.92 Å². The lowest BCUT2D eigenvalue weighted by Gasteiger charge is -2.17. The summed E-state index contributed by atoms with van der Waals surface area (Å²) >= 11 is 0. The third-order valence-electron chi connectivity index (χ3n) is 0.950. The van der Waals surface area contributed by atoms with E-state index in [-0.39, 0.29) is 5.54 Å². The van der Waals surface area contributed by atoms with Crippen molar-refractivity contribution in [1.29, 1.82) is 0 Å². The third kappa shape index (κ3) is 1.13. The van der Waals surface area contributed by atoms with E-state index in [4.69, 9.17) is 5.73 Å². The first-order valence-electron chi connectivity index (χ1n) is 2.52. The molecular formula is C5H9N3. The lowest BCUT2D eigenvalue weighted by molar-refractivity contribution is 0.647. The van der Waals surface area contributed by atoms with Gasteiger partial charge in [-0.3, -0.25) is 4.99 Å². The summed E-state index contributed by atoms with van der Waals surface area (Å²) in [6.45, 7) is 2.55. The molecule has 0 aromatic heterocycles. The van der Waals surface area contributed by atoms with E-state index in [0.717, 1.165) is 0 Å². The summed E-state index contributed by atoms with van der Waals surface area (Å²) in [6.07, 6.45) is 3.23. The molecule has 0 radical (unpaired) electrons. The van der Waals surface area contributed by atoms with Crippen molar-refractivity contribution in [2.75, 3.05) is 6.54 Å². The maximum atomic E-state index is 5.61. The predicted octanol–water partition coefficient (Wildman–Crippen LogP) is -0.183. The number of nitrogens with zero attached hydrogens (tertiary/aromatic N) is 2. The Hall–Kier alpha value is -0.700. The minimum absolute atomic E-state index is 0.311. The Morgan fingerprint density at radius 1 is 1.75 bits per heavy atom. The predicted molar refractivity (Wildman–Crippen MR) is 34.4 cm³/mol. The molecule has 0 spiro atoms. The lowest BCUT2D eigenvalue weighted by Crippen LogP contribution is -2.42. The Morgan fingerprint density at radius 3 is 2.75 bits per heavy atom. The molecule has 1 heterocycles. The molecule has 0 aliphatic carbocycles. The van der Waals surface area contributed by atoms with Gasteiger partial charge in [0.15, 0.2) is 0 Å². The second-order valence-electron chi connectivity index (χ2n) is 2.24. The summed E-state index contributed by atoms with van der Waals surface area (Å²) < 4.78 is 0. The molecule has 1 unspecified atom stereocenters. The fraction of sp³-hybridized carbons (Fsp3) is 0.600. The Morgan fingerprint density at radius 2 is 2.50 bits per heavy atom. The highest BCUT2D eigenvalue weighted by Gasteiger charge is 2.15. The number of hydrogen-bond donors (Lipinski definition) is 1. The van der Waals surface area contributed by atoms with Crippen molar-refractivity contribution in [1.82, 2.24) is 0 Å². The first-order chi connectivity index (χ1) is 3.71.